The average Bonchev–Trinajstić information content (AvgIpc) is 2.41. The van der Waals surface area contributed by atoms with Crippen LogP contribution in [0.3, 0.4) is 0 Å². The first-order chi connectivity index (χ1) is 9.02. The minimum absolute atomic E-state index is 0.0230. The number of carbonyl (C=O) groups excluding carboxylic acids is 1. The summed E-state index contributed by atoms with van der Waals surface area (Å²) in [6.07, 6.45) is 1.93. The summed E-state index contributed by atoms with van der Waals surface area (Å²) < 4.78 is 18.6. The summed E-state index contributed by atoms with van der Waals surface area (Å²) >= 11 is 0. The molecule has 1 heterocycles. The number of hydrogen-bond acceptors (Lipinski definition) is 2. The van der Waals surface area contributed by atoms with E-state index in [0.29, 0.717) is 17.7 Å². The van der Waals surface area contributed by atoms with E-state index >= 15 is 0 Å². The Morgan fingerprint density at radius 2 is 2.21 bits per heavy atom. The molecule has 1 aliphatic rings. The van der Waals surface area contributed by atoms with Crippen LogP contribution < -0.4 is 0 Å². The molecule has 19 heavy (non-hydrogen) atoms. The molecule has 2 atom stereocenters. The highest BCUT2D eigenvalue weighted by molar-refractivity contribution is 5.94. The summed E-state index contributed by atoms with van der Waals surface area (Å²) in [7, 11) is 1.71. The van der Waals surface area contributed by atoms with Gasteiger partial charge in [-0.15, -0.1) is 0 Å². The molecule has 1 aromatic carbocycles. The highest BCUT2D eigenvalue weighted by Gasteiger charge is 2.29. The lowest BCUT2D eigenvalue weighted by molar-refractivity contribution is 0.0160. The van der Waals surface area contributed by atoms with E-state index in [9.17, 15) is 9.18 Å². The van der Waals surface area contributed by atoms with Crippen molar-refractivity contribution in [2.24, 2.45) is 0 Å². The van der Waals surface area contributed by atoms with Gasteiger partial charge in [0.25, 0.3) is 5.91 Å². The number of nitrogens with zero attached hydrogens (tertiary/aromatic N) is 1. The molecule has 0 spiro atoms. The van der Waals surface area contributed by atoms with E-state index in [2.05, 4.69) is 0 Å². The number of halogens is 1. The van der Waals surface area contributed by atoms with E-state index in [-0.39, 0.29) is 23.9 Å². The fourth-order valence-electron chi connectivity index (χ4n) is 2.59. The van der Waals surface area contributed by atoms with Crippen LogP contribution in [-0.2, 0) is 4.74 Å². The van der Waals surface area contributed by atoms with Crippen LogP contribution in [0.1, 0.15) is 35.7 Å². The Labute approximate surface area is 113 Å². The third kappa shape index (κ3) is 2.95. The van der Waals surface area contributed by atoms with Crippen molar-refractivity contribution in [2.75, 3.05) is 13.7 Å². The van der Waals surface area contributed by atoms with Gasteiger partial charge in [0.2, 0.25) is 0 Å². The van der Waals surface area contributed by atoms with Crippen LogP contribution in [0.2, 0.25) is 0 Å². The van der Waals surface area contributed by atoms with Gasteiger partial charge in [-0.3, -0.25) is 4.79 Å². The smallest absolute Gasteiger partial charge is 0.254 e. The third-order valence-electron chi connectivity index (χ3n) is 3.83. The molecule has 1 fully saturated rings. The largest absolute Gasteiger partial charge is 0.381 e. The van der Waals surface area contributed by atoms with Crippen LogP contribution in [0, 0.1) is 12.7 Å². The minimum atomic E-state index is -0.275. The Morgan fingerprint density at radius 3 is 2.79 bits per heavy atom. The van der Waals surface area contributed by atoms with Crippen LogP contribution in [0.25, 0.3) is 0 Å². The lowest BCUT2D eigenvalue weighted by atomic mass is 9.99. The fraction of sp³-hybridized carbons (Fsp3) is 0.533. The molecule has 0 aliphatic carbocycles. The predicted molar refractivity (Wildman–Crippen MR) is 71.7 cm³/mol. The quantitative estimate of drug-likeness (QED) is 0.823. The van der Waals surface area contributed by atoms with Crippen LogP contribution in [-0.4, -0.2) is 36.6 Å². The third-order valence-corrected chi connectivity index (χ3v) is 3.83. The lowest BCUT2D eigenvalue weighted by Crippen LogP contribution is -2.46. The van der Waals surface area contributed by atoms with Crippen molar-refractivity contribution in [3.8, 4) is 0 Å². The number of amides is 1. The number of benzene rings is 1. The highest BCUT2D eigenvalue weighted by atomic mass is 19.1. The molecule has 1 aromatic rings. The molecule has 2 unspecified atom stereocenters. The van der Waals surface area contributed by atoms with Crippen LogP contribution in [0.4, 0.5) is 4.39 Å². The van der Waals surface area contributed by atoms with Gasteiger partial charge < -0.3 is 9.64 Å². The van der Waals surface area contributed by atoms with E-state index in [4.69, 9.17) is 4.74 Å². The van der Waals surface area contributed by atoms with Gasteiger partial charge in [-0.2, -0.15) is 0 Å². The summed E-state index contributed by atoms with van der Waals surface area (Å²) in [6.45, 7) is 4.39. The standard InChI is InChI=1S/C15H20FNO2/c1-10-8-12(4-5-14(10)16)15(18)17-7-6-13(19-3)9-11(17)2/h4-5,8,11,13H,6-7,9H2,1-3H3. The van der Waals surface area contributed by atoms with Crippen LogP contribution in [0.15, 0.2) is 18.2 Å². The van der Waals surface area contributed by atoms with Crippen molar-refractivity contribution in [1.29, 1.82) is 0 Å². The second-order valence-electron chi connectivity index (χ2n) is 5.19. The maximum atomic E-state index is 13.2. The lowest BCUT2D eigenvalue weighted by Gasteiger charge is -2.37. The Hall–Kier alpha value is -1.42. The van der Waals surface area contributed by atoms with E-state index in [1.165, 1.54) is 6.07 Å². The van der Waals surface area contributed by atoms with Crippen molar-refractivity contribution in [3.63, 3.8) is 0 Å². The van der Waals surface area contributed by atoms with E-state index < -0.39 is 0 Å². The molecule has 0 aromatic heterocycles. The van der Waals surface area contributed by atoms with Gasteiger partial charge in [0.15, 0.2) is 0 Å². The number of rotatable bonds is 2. The molecule has 3 nitrogen and oxygen atoms in total. The van der Waals surface area contributed by atoms with Gasteiger partial charge in [0.05, 0.1) is 6.10 Å². The molecular formula is C15H20FNO2. The first-order valence-corrected chi connectivity index (χ1v) is 6.63. The van der Waals surface area contributed by atoms with E-state index in [1.54, 1.807) is 26.2 Å². The Morgan fingerprint density at radius 1 is 1.47 bits per heavy atom. The Bertz CT molecular complexity index is 475. The summed E-state index contributed by atoms with van der Waals surface area (Å²) in [5, 5.41) is 0. The Kier molecular flexibility index (Phi) is 4.20. The number of likely N-dealkylation sites (tertiary alicyclic amines) is 1. The molecule has 1 amide bonds. The molecule has 4 heteroatoms. The van der Waals surface area contributed by atoms with Gasteiger partial charge in [0, 0.05) is 25.3 Å². The highest BCUT2D eigenvalue weighted by Crippen LogP contribution is 2.22. The van der Waals surface area contributed by atoms with Gasteiger partial charge in [0.1, 0.15) is 5.82 Å². The van der Waals surface area contributed by atoms with E-state index in [1.807, 2.05) is 11.8 Å². The van der Waals surface area contributed by atoms with Crippen LogP contribution >= 0.6 is 0 Å². The molecular weight excluding hydrogens is 245 g/mol. The average molecular weight is 265 g/mol. The molecule has 1 aliphatic heterocycles. The van der Waals surface area contributed by atoms with Gasteiger partial charge >= 0.3 is 0 Å². The van der Waals surface area contributed by atoms with Gasteiger partial charge in [-0.05, 0) is 50.5 Å². The molecule has 0 bridgehead atoms. The maximum absolute atomic E-state index is 13.2. The zero-order valence-corrected chi connectivity index (χ0v) is 11.6. The van der Waals surface area contributed by atoms with Crippen molar-refractivity contribution in [1.82, 2.24) is 4.90 Å². The van der Waals surface area contributed by atoms with Gasteiger partial charge in [-0.25, -0.2) is 4.39 Å². The molecule has 1 saturated heterocycles. The normalized spacial score (nSPS) is 23.5. The number of carbonyl (C=O) groups is 1. The molecule has 2 rings (SSSR count). The monoisotopic (exact) mass is 265 g/mol. The SMILES string of the molecule is COC1CCN(C(=O)c2ccc(F)c(C)c2)C(C)C1. The maximum Gasteiger partial charge on any atom is 0.254 e. The zero-order valence-electron chi connectivity index (χ0n) is 11.6. The molecule has 0 radical (unpaired) electrons. The van der Waals surface area contributed by atoms with Crippen molar-refractivity contribution >= 4 is 5.91 Å². The molecule has 104 valence electrons. The van der Waals surface area contributed by atoms with E-state index in [0.717, 1.165) is 12.8 Å². The summed E-state index contributed by atoms with van der Waals surface area (Å²) in [6, 6.07) is 4.68. The Balaban J connectivity index is 2.13. The van der Waals surface area contributed by atoms with Crippen molar-refractivity contribution < 1.29 is 13.9 Å². The summed E-state index contributed by atoms with van der Waals surface area (Å²) in [5.41, 5.74) is 1.06. The zero-order chi connectivity index (χ0) is 14.0. The molecule has 0 N–H and O–H groups in total. The van der Waals surface area contributed by atoms with Gasteiger partial charge in [-0.1, -0.05) is 0 Å². The fourth-order valence-corrected chi connectivity index (χ4v) is 2.59. The topological polar surface area (TPSA) is 29.5 Å². The number of methoxy groups -OCH3 is 1. The second-order valence-corrected chi connectivity index (χ2v) is 5.19. The summed E-state index contributed by atoms with van der Waals surface area (Å²) in [4.78, 5) is 14.3. The number of hydrogen-bond donors (Lipinski definition) is 0. The number of piperidine rings is 1. The second kappa shape index (κ2) is 5.70. The number of ether oxygens (including phenoxy) is 1. The van der Waals surface area contributed by atoms with Crippen molar-refractivity contribution in [3.05, 3.63) is 35.1 Å². The minimum Gasteiger partial charge on any atom is -0.381 e. The first-order valence-electron chi connectivity index (χ1n) is 6.63. The van der Waals surface area contributed by atoms with Crippen LogP contribution in [0.5, 0.6) is 0 Å². The van der Waals surface area contributed by atoms with Crippen molar-refractivity contribution in [2.45, 2.75) is 38.8 Å². The summed E-state index contributed by atoms with van der Waals surface area (Å²) in [5.74, 6) is -0.298. The predicted octanol–water partition coefficient (Wildman–Crippen LogP) is 2.77. The molecule has 0 saturated carbocycles. The number of aryl methyl sites for hydroxylation is 1. The first kappa shape index (κ1) is 14.0.